The summed E-state index contributed by atoms with van der Waals surface area (Å²) in [6.45, 7) is 6.92. The number of thiazole rings is 1. The molecule has 0 amide bonds. The second kappa shape index (κ2) is 4.10. The molecule has 0 atom stereocenters. The molecule has 1 aliphatic rings. The Morgan fingerprint density at radius 3 is 2.94 bits per heavy atom. The Kier molecular flexibility index (Phi) is 2.71. The highest BCUT2D eigenvalue weighted by Gasteiger charge is 2.37. The highest BCUT2D eigenvalue weighted by molar-refractivity contribution is 7.15. The first kappa shape index (κ1) is 11.2. The molecule has 0 saturated carbocycles. The van der Waals surface area contributed by atoms with E-state index < -0.39 is 0 Å². The van der Waals surface area contributed by atoms with Crippen LogP contribution in [-0.2, 0) is 6.42 Å². The summed E-state index contributed by atoms with van der Waals surface area (Å²) in [6, 6.07) is 0. The first-order valence-electron chi connectivity index (χ1n) is 6.29. The van der Waals surface area contributed by atoms with Crippen molar-refractivity contribution in [1.29, 1.82) is 0 Å². The van der Waals surface area contributed by atoms with Crippen LogP contribution in [0.2, 0.25) is 0 Å². The van der Waals surface area contributed by atoms with Gasteiger partial charge >= 0.3 is 0 Å². The van der Waals surface area contributed by atoms with Crippen LogP contribution in [0.4, 0.5) is 0 Å². The third kappa shape index (κ3) is 2.11. The number of hydrogen-bond donors (Lipinski definition) is 1. The average Bonchev–Trinajstić information content (AvgIpc) is 2.73. The minimum Gasteiger partial charge on any atom is -0.316 e. The number of hydrogen-bond acceptors (Lipinski definition) is 3. The van der Waals surface area contributed by atoms with E-state index in [1.54, 1.807) is 11.3 Å². The number of aromatic nitrogens is 2. The van der Waals surface area contributed by atoms with Crippen molar-refractivity contribution >= 4 is 16.3 Å². The van der Waals surface area contributed by atoms with E-state index in [0.29, 0.717) is 5.41 Å². The van der Waals surface area contributed by atoms with Crippen LogP contribution >= 0.6 is 11.3 Å². The molecule has 3 nitrogen and oxygen atoms in total. The van der Waals surface area contributed by atoms with Gasteiger partial charge in [-0.1, -0.05) is 13.8 Å². The van der Waals surface area contributed by atoms with Crippen LogP contribution in [0.25, 0.3) is 4.96 Å². The fraction of sp³-hybridized carbons (Fsp3) is 0.615. The number of nitrogens with zero attached hydrogens (tertiary/aromatic N) is 2. The number of nitrogens with one attached hydrogen (secondary N) is 1. The van der Waals surface area contributed by atoms with Crippen LogP contribution in [0.3, 0.4) is 0 Å². The van der Waals surface area contributed by atoms with E-state index in [4.69, 9.17) is 4.98 Å². The van der Waals surface area contributed by atoms with Crippen molar-refractivity contribution in [2.24, 2.45) is 11.3 Å². The topological polar surface area (TPSA) is 29.3 Å². The zero-order chi connectivity index (χ0) is 11.9. The maximum atomic E-state index is 4.70. The lowest BCUT2D eigenvalue weighted by atomic mass is 9.72. The Bertz CT molecular complexity index is 479. The monoisotopic (exact) mass is 249 g/mol. The van der Waals surface area contributed by atoms with E-state index in [9.17, 15) is 0 Å². The molecule has 1 fully saturated rings. The molecule has 0 unspecified atom stereocenters. The van der Waals surface area contributed by atoms with Gasteiger partial charge in [0.15, 0.2) is 4.96 Å². The maximum absolute atomic E-state index is 4.70. The highest BCUT2D eigenvalue weighted by Crippen LogP contribution is 2.34. The molecular weight excluding hydrogens is 230 g/mol. The van der Waals surface area contributed by atoms with E-state index >= 15 is 0 Å². The highest BCUT2D eigenvalue weighted by atomic mass is 32.1. The van der Waals surface area contributed by atoms with Gasteiger partial charge in [0.1, 0.15) is 0 Å². The summed E-state index contributed by atoms with van der Waals surface area (Å²) in [7, 11) is 0. The lowest BCUT2D eigenvalue weighted by molar-refractivity contribution is 0.130. The third-order valence-corrected chi connectivity index (χ3v) is 4.31. The van der Waals surface area contributed by atoms with Crippen molar-refractivity contribution < 1.29 is 0 Å². The molecule has 1 aliphatic heterocycles. The minimum absolute atomic E-state index is 0.457. The summed E-state index contributed by atoms with van der Waals surface area (Å²) in [5, 5.41) is 5.51. The summed E-state index contributed by atoms with van der Waals surface area (Å²) in [5.41, 5.74) is 1.71. The Morgan fingerprint density at radius 2 is 2.35 bits per heavy atom. The summed E-state index contributed by atoms with van der Waals surface area (Å²) in [6.07, 6.45) is 6.69. The molecule has 1 N–H and O–H groups in total. The van der Waals surface area contributed by atoms with Gasteiger partial charge in [0, 0.05) is 36.3 Å². The van der Waals surface area contributed by atoms with Gasteiger partial charge in [0.25, 0.3) is 0 Å². The number of fused-ring (bicyclic) bond motifs is 1. The summed E-state index contributed by atoms with van der Waals surface area (Å²) in [4.78, 5) is 5.82. The quantitative estimate of drug-likeness (QED) is 0.902. The van der Waals surface area contributed by atoms with Crippen molar-refractivity contribution in [2.75, 3.05) is 13.1 Å². The molecule has 2 aromatic rings. The van der Waals surface area contributed by atoms with Gasteiger partial charge in [-0.2, -0.15) is 0 Å². The molecular formula is C13H19N3S. The first-order valence-corrected chi connectivity index (χ1v) is 7.17. The normalized spacial score (nSPS) is 18.8. The van der Waals surface area contributed by atoms with Gasteiger partial charge in [0.05, 0.1) is 5.69 Å². The fourth-order valence-corrected chi connectivity index (χ4v) is 3.65. The maximum Gasteiger partial charge on any atom is 0.193 e. The molecule has 92 valence electrons. The van der Waals surface area contributed by atoms with Crippen LogP contribution in [0.15, 0.2) is 17.8 Å². The van der Waals surface area contributed by atoms with Crippen LogP contribution in [0.1, 0.15) is 26.0 Å². The SMILES string of the molecule is CC(C)CC1(Cc2cn3ccsc3n2)CNC1. The Morgan fingerprint density at radius 1 is 1.53 bits per heavy atom. The molecule has 3 heterocycles. The molecule has 0 radical (unpaired) electrons. The summed E-state index contributed by atoms with van der Waals surface area (Å²) >= 11 is 1.71. The predicted molar refractivity (Wildman–Crippen MR) is 71.5 cm³/mol. The second-order valence-electron chi connectivity index (χ2n) is 5.70. The Balaban J connectivity index is 1.78. The van der Waals surface area contributed by atoms with E-state index in [-0.39, 0.29) is 0 Å². The first-order chi connectivity index (χ1) is 8.17. The van der Waals surface area contributed by atoms with Gasteiger partial charge in [-0.15, -0.1) is 11.3 Å². The molecule has 0 aliphatic carbocycles. The van der Waals surface area contributed by atoms with Crippen molar-refractivity contribution in [1.82, 2.24) is 14.7 Å². The second-order valence-corrected chi connectivity index (χ2v) is 6.58. The average molecular weight is 249 g/mol. The van der Waals surface area contributed by atoms with Gasteiger partial charge in [0.2, 0.25) is 0 Å². The van der Waals surface area contributed by atoms with Gasteiger partial charge in [-0.3, -0.25) is 4.40 Å². The molecule has 3 rings (SSSR count). The smallest absolute Gasteiger partial charge is 0.193 e. The zero-order valence-corrected chi connectivity index (χ0v) is 11.3. The standard InChI is InChI=1S/C13H19N3S/c1-10(2)5-13(8-14-9-13)6-11-7-16-3-4-17-12(16)15-11/h3-4,7,10,14H,5-6,8-9H2,1-2H3. The molecule has 1 saturated heterocycles. The summed E-state index contributed by atoms with van der Waals surface area (Å²) in [5.74, 6) is 0.765. The van der Waals surface area contributed by atoms with Crippen molar-refractivity contribution in [3.63, 3.8) is 0 Å². The molecule has 17 heavy (non-hydrogen) atoms. The fourth-order valence-electron chi connectivity index (χ4n) is 2.93. The largest absolute Gasteiger partial charge is 0.316 e. The van der Waals surface area contributed by atoms with E-state index in [1.165, 1.54) is 12.1 Å². The molecule has 0 bridgehead atoms. The molecule has 2 aromatic heterocycles. The number of imidazole rings is 1. The van der Waals surface area contributed by atoms with Crippen molar-refractivity contribution in [3.8, 4) is 0 Å². The Hall–Kier alpha value is -0.870. The number of rotatable bonds is 4. The minimum atomic E-state index is 0.457. The van der Waals surface area contributed by atoms with Crippen LogP contribution in [-0.4, -0.2) is 22.5 Å². The zero-order valence-electron chi connectivity index (χ0n) is 10.4. The predicted octanol–water partition coefficient (Wildman–Crippen LogP) is 2.57. The van der Waals surface area contributed by atoms with Gasteiger partial charge in [-0.25, -0.2) is 4.98 Å². The van der Waals surface area contributed by atoms with Crippen molar-refractivity contribution in [2.45, 2.75) is 26.7 Å². The van der Waals surface area contributed by atoms with Crippen LogP contribution in [0.5, 0.6) is 0 Å². The van der Waals surface area contributed by atoms with Crippen LogP contribution < -0.4 is 5.32 Å². The molecule has 0 spiro atoms. The molecule has 0 aromatic carbocycles. The van der Waals surface area contributed by atoms with E-state index in [0.717, 1.165) is 30.4 Å². The van der Waals surface area contributed by atoms with Gasteiger partial charge < -0.3 is 5.32 Å². The van der Waals surface area contributed by atoms with Gasteiger partial charge in [-0.05, 0) is 18.8 Å². The van der Waals surface area contributed by atoms with E-state index in [2.05, 4.69) is 41.3 Å². The Labute approximate surface area is 106 Å². The molecule has 4 heteroatoms. The van der Waals surface area contributed by atoms with Crippen LogP contribution in [0, 0.1) is 11.3 Å². The van der Waals surface area contributed by atoms with Crippen molar-refractivity contribution in [3.05, 3.63) is 23.5 Å². The lowest BCUT2D eigenvalue weighted by Crippen LogP contribution is -2.55. The summed E-state index contributed by atoms with van der Waals surface area (Å²) < 4.78 is 2.13. The van der Waals surface area contributed by atoms with E-state index in [1.807, 2.05) is 0 Å². The third-order valence-electron chi connectivity index (χ3n) is 3.54. The lowest BCUT2D eigenvalue weighted by Gasteiger charge is -2.43.